The number of cyclic esters (lactones) is 1. The summed E-state index contributed by atoms with van der Waals surface area (Å²) in [6.45, 7) is 1.76. The molecule has 0 spiro atoms. The number of carbonyl (C=O) groups excluding carboxylic acids is 2. The minimum absolute atomic E-state index is 0.0486. The van der Waals surface area contributed by atoms with Gasteiger partial charge in [-0.05, 0) is 36.2 Å². The van der Waals surface area contributed by atoms with E-state index in [0.717, 1.165) is 10.5 Å². The number of carbonyl (C=O) groups is 2. The van der Waals surface area contributed by atoms with E-state index in [4.69, 9.17) is 27.9 Å². The lowest BCUT2D eigenvalue weighted by Crippen LogP contribution is -2.51. The van der Waals surface area contributed by atoms with E-state index >= 15 is 0 Å². The molecule has 1 aliphatic heterocycles. The number of benzene rings is 3. The molecule has 0 aromatic heterocycles. The first-order valence-corrected chi connectivity index (χ1v) is 13.0. The maximum absolute atomic E-state index is 13.8. The Kier molecular flexibility index (Phi) is 7.47. The van der Waals surface area contributed by atoms with Gasteiger partial charge in [-0.3, -0.25) is 4.79 Å². The second-order valence-electron chi connectivity index (χ2n) is 8.05. The van der Waals surface area contributed by atoms with Crippen molar-refractivity contribution in [2.24, 2.45) is 0 Å². The molecule has 2 amide bonds. The van der Waals surface area contributed by atoms with E-state index in [1.54, 1.807) is 66.7 Å². The van der Waals surface area contributed by atoms with Crippen LogP contribution in [0.15, 0.2) is 83.8 Å². The van der Waals surface area contributed by atoms with Crippen molar-refractivity contribution < 1.29 is 22.7 Å². The molecule has 1 fully saturated rings. The molecule has 3 aromatic carbocycles. The number of hydrogen-bond donors (Lipinski definition) is 1. The van der Waals surface area contributed by atoms with Crippen molar-refractivity contribution in [3.63, 3.8) is 0 Å². The average molecular weight is 533 g/mol. The smallest absolute Gasteiger partial charge is 0.417 e. The van der Waals surface area contributed by atoms with Gasteiger partial charge < -0.3 is 4.74 Å². The van der Waals surface area contributed by atoms with Crippen LogP contribution in [-0.4, -0.2) is 38.0 Å². The first kappa shape index (κ1) is 25.2. The van der Waals surface area contributed by atoms with Gasteiger partial charge in [-0.15, -0.1) is 11.6 Å². The van der Waals surface area contributed by atoms with Crippen LogP contribution in [0.3, 0.4) is 0 Å². The Morgan fingerprint density at radius 3 is 2.31 bits per heavy atom. The van der Waals surface area contributed by atoms with Crippen molar-refractivity contribution in [3.8, 4) is 0 Å². The predicted octanol–water partition coefficient (Wildman–Crippen LogP) is 5.00. The fourth-order valence-electron chi connectivity index (χ4n) is 3.80. The van der Waals surface area contributed by atoms with E-state index in [9.17, 15) is 18.0 Å². The molecule has 0 unspecified atom stereocenters. The summed E-state index contributed by atoms with van der Waals surface area (Å²) >= 11 is 13.0. The minimum atomic E-state index is -4.19. The van der Waals surface area contributed by atoms with Gasteiger partial charge in [-0.1, -0.05) is 77.8 Å². The van der Waals surface area contributed by atoms with Gasteiger partial charge in [0, 0.05) is 5.02 Å². The molecule has 0 radical (unpaired) electrons. The zero-order valence-electron chi connectivity index (χ0n) is 18.6. The molecule has 1 aliphatic rings. The molecule has 1 saturated heterocycles. The molecule has 1 N–H and O–H groups in total. The highest BCUT2D eigenvalue weighted by Gasteiger charge is 2.45. The molecule has 4 rings (SSSR count). The average Bonchev–Trinajstić information content (AvgIpc) is 3.24. The summed E-state index contributed by atoms with van der Waals surface area (Å²) < 4.78 is 34.0. The second kappa shape index (κ2) is 10.4. The summed E-state index contributed by atoms with van der Waals surface area (Å²) in [6.07, 6.45) is -0.883. The summed E-state index contributed by atoms with van der Waals surface area (Å²) in [6, 6.07) is 19.2. The molecule has 1 heterocycles. The highest BCUT2D eigenvalue weighted by Crippen LogP contribution is 2.35. The number of aryl methyl sites for hydroxylation is 1. The standard InChI is InChI=1S/C25H22Cl2N2O5S/c1-16-11-13-18(14-12-16)35(32,33)28-23(22(27)19-9-5-6-10-20(19)26)24(30)29-21(15-34-25(29)31)17-7-3-2-4-8-17/h2-14,21-23,28H,15H2,1H3/t21-,22+,23+/m1/s1. The zero-order chi connectivity index (χ0) is 25.2. The van der Waals surface area contributed by atoms with Crippen molar-refractivity contribution in [2.45, 2.75) is 29.3 Å². The summed E-state index contributed by atoms with van der Waals surface area (Å²) in [5, 5.41) is -0.968. The number of amides is 2. The van der Waals surface area contributed by atoms with Crippen LogP contribution < -0.4 is 4.72 Å². The molecular formula is C25H22Cl2N2O5S. The highest BCUT2D eigenvalue weighted by molar-refractivity contribution is 7.89. The van der Waals surface area contributed by atoms with Crippen molar-refractivity contribution in [1.82, 2.24) is 9.62 Å². The molecule has 0 saturated carbocycles. The maximum atomic E-state index is 13.8. The summed E-state index contributed by atoms with van der Waals surface area (Å²) in [5.41, 5.74) is 1.87. The molecule has 35 heavy (non-hydrogen) atoms. The van der Waals surface area contributed by atoms with Crippen molar-refractivity contribution in [1.29, 1.82) is 0 Å². The quantitative estimate of drug-likeness (QED) is 0.432. The van der Waals surface area contributed by atoms with Gasteiger partial charge in [0.05, 0.1) is 10.3 Å². The van der Waals surface area contributed by atoms with E-state index in [1.807, 2.05) is 6.92 Å². The van der Waals surface area contributed by atoms with Gasteiger partial charge in [0.15, 0.2) is 0 Å². The zero-order valence-corrected chi connectivity index (χ0v) is 20.9. The largest absolute Gasteiger partial charge is 0.446 e. The first-order chi connectivity index (χ1) is 16.7. The Morgan fingerprint density at radius 1 is 1.03 bits per heavy atom. The monoisotopic (exact) mass is 532 g/mol. The van der Waals surface area contributed by atoms with E-state index in [1.165, 1.54) is 12.1 Å². The van der Waals surface area contributed by atoms with Gasteiger partial charge in [0.25, 0.3) is 5.91 Å². The normalized spacial score (nSPS) is 17.6. The topological polar surface area (TPSA) is 92.8 Å². The number of imide groups is 1. The Hall–Kier alpha value is -2.91. The number of nitrogens with zero attached hydrogens (tertiary/aromatic N) is 1. The Morgan fingerprint density at radius 2 is 1.66 bits per heavy atom. The van der Waals surface area contributed by atoms with Crippen LogP contribution in [0.2, 0.25) is 5.02 Å². The molecule has 182 valence electrons. The minimum Gasteiger partial charge on any atom is -0.446 e. The SMILES string of the molecule is Cc1ccc(S(=O)(=O)N[C@H](C(=O)N2C(=O)OC[C@@H]2c2ccccc2)[C@@H](Cl)c2ccccc2Cl)cc1. The number of ether oxygens (including phenoxy) is 1. The third-order valence-electron chi connectivity index (χ3n) is 5.67. The molecule has 7 nitrogen and oxygen atoms in total. The van der Waals surface area contributed by atoms with Crippen LogP contribution in [0.5, 0.6) is 0 Å². The Bertz CT molecular complexity index is 1330. The van der Waals surface area contributed by atoms with Gasteiger partial charge >= 0.3 is 6.09 Å². The van der Waals surface area contributed by atoms with E-state index < -0.39 is 39.5 Å². The van der Waals surface area contributed by atoms with Crippen LogP contribution >= 0.6 is 23.2 Å². The van der Waals surface area contributed by atoms with Crippen LogP contribution in [0.1, 0.15) is 28.1 Å². The van der Waals surface area contributed by atoms with Gasteiger partial charge in [0.2, 0.25) is 10.0 Å². The lowest BCUT2D eigenvalue weighted by Gasteiger charge is -2.28. The van der Waals surface area contributed by atoms with E-state index in [-0.39, 0.29) is 16.5 Å². The number of alkyl halides is 1. The molecular weight excluding hydrogens is 511 g/mol. The first-order valence-electron chi connectivity index (χ1n) is 10.7. The number of sulfonamides is 1. The van der Waals surface area contributed by atoms with E-state index in [0.29, 0.717) is 11.1 Å². The third-order valence-corrected chi connectivity index (χ3v) is 7.96. The van der Waals surface area contributed by atoms with Crippen molar-refractivity contribution in [2.75, 3.05) is 6.61 Å². The summed E-state index contributed by atoms with van der Waals surface area (Å²) in [7, 11) is -4.19. The lowest BCUT2D eigenvalue weighted by atomic mass is 10.0. The highest BCUT2D eigenvalue weighted by atomic mass is 35.5. The fraction of sp³-hybridized carbons (Fsp3) is 0.200. The summed E-state index contributed by atoms with van der Waals surface area (Å²) in [4.78, 5) is 27.3. The Labute approximate surface area is 213 Å². The Balaban J connectivity index is 1.74. The fourth-order valence-corrected chi connectivity index (χ4v) is 5.75. The third kappa shape index (κ3) is 5.36. The predicted molar refractivity (Wildman–Crippen MR) is 133 cm³/mol. The molecule has 0 aliphatic carbocycles. The number of rotatable bonds is 7. The van der Waals surface area contributed by atoms with Gasteiger partial charge in [-0.2, -0.15) is 4.72 Å². The molecule has 3 aromatic rings. The van der Waals surface area contributed by atoms with Gasteiger partial charge in [0.1, 0.15) is 18.7 Å². The number of nitrogens with one attached hydrogen (secondary N) is 1. The van der Waals surface area contributed by atoms with E-state index in [2.05, 4.69) is 4.72 Å². The van der Waals surface area contributed by atoms with Gasteiger partial charge in [-0.25, -0.2) is 18.1 Å². The van der Waals surface area contributed by atoms with Crippen LogP contribution in [-0.2, 0) is 19.6 Å². The number of halogens is 2. The van der Waals surface area contributed by atoms with Crippen LogP contribution in [0, 0.1) is 6.92 Å². The van der Waals surface area contributed by atoms with Crippen molar-refractivity contribution in [3.05, 3.63) is 101 Å². The maximum Gasteiger partial charge on any atom is 0.417 e. The van der Waals surface area contributed by atoms with Crippen LogP contribution in [0.25, 0.3) is 0 Å². The van der Waals surface area contributed by atoms with Crippen LogP contribution in [0.4, 0.5) is 4.79 Å². The van der Waals surface area contributed by atoms with Crippen molar-refractivity contribution >= 4 is 45.2 Å². The molecule has 3 atom stereocenters. The number of hydrogen-bond acceptors (Lipinski definition) is 5. The summed E-state index contributed by atoms with van der Waals surface area (Å²) in [5.74, 6) is -0.850. The lowest BCUT2D eigenvalue weighted by molar-refractivity contribution is -0.131. The molecule has 10 heteroatoms. The second-order valence-corrected chi connectivity index (χ2v) is 10.6. The molecule has 0 bridgehead atoms.